The average Bonchev–Trinajstić information content (AvgIpc) is 3.01. The van der Waals surface area contributed by atoms with Gasteiger partial charge >= 0.3 is 5.69 Å². The van der Waals surface area contributed by atoms with E-state index in [2.05, 4.69) is 9.97 Å². The van der Waals surface area contributed by atoms with Crippen LogP contribution in [0, 0.1) is 0 Å². The number of H-pyrrole nitrogens is 1. The molecule has 1 aromatic carbocycles. The summed E-state index contributed by atoms with van der Waals surface area (Å²) in [6, 6.07) is 11.0. The summed E-state index contributed by atoms with van der Waals surface area (Å²) in [7, 11) is -3.48. The standard InChI is InChI=1S/C19H24N4O3S2/c1-3-22(4-2)28(25,26)15-10-11-18(20-14-15)27-13-7-12-23-17-9-6-5-8-16(17)21-19(23)24/h5-6,8-11,14H,3-4,7,12-13H2,1-2H3,(H,21,24). The molecule has 3 rings (SSSR count). The zero-order valence-electron chi connectivity index (χ0n) is 16.0. The van der Waals surface area contributed by atoms with E-state index in [0.717, 1.165) is 28.2 Å². The minimum Gasteiger partial charge on any atom is -0.306 e. The third-order valence-corrected chi connectivity index (χ3v) is 7.57. The molecule has 9 heteroatoms. The first-order valence-electron chi connectivity index (χ1n) is 9.24. The van der Waals surface area contributed by atoms with Crippen molar-refractivity contribution in [2.75, 3.05) is 18.8 Å². The Morgan fingerprint density at radius 2 is 1.89 bits per heavy atom. The Morgan fingerprint density at radius 1 is 1.14 bits per heavy atom. The molecule has 0 unspecified atom stereocenters. The number of thioether (sulfide) groups is 1. The smallest absolute Gasteiger partial charge is 0.306 e. The van der Waals surface area contributed by atoms with Gasteiger partial charge in [-0.05, 0) is 30.7 Å². The van der Waals surface area contributed by atoms with Crippen LogP contribution < -0.4 is 5.69 Å². The van der Waals surface area contributed by atoms with E-state index in [9.17, 15) is 13.2 Å². The number of aryl methyl sites for hydroxylation is 1. The van der Waals surface area contributed by atoms with Crippen molar-refractivity contribution in [1.29, 1.82) is 0 Å². The number of sulfonamides is 1. The number of rotatable bonds is 9. The molecule has 0 atom stereocenters. The van der Waals surface area contributed by atoms with Crippen LogP contribution in [0.25, 0.3) is 11.0 Å². The lowest BCUT2D eigenvalue weighted by molar-refractivity contribution is 0.445. The van der Waals surface area contributed by atoms with Crippen LogP contribution in [-0.4, -0.2) is 46.1 Å². The first-order valence-corrected chi connectivity index (χ1v) is 11.7. The predicted molar refractivity (Wildman–Crippen MR) is 112 cm³/mol. The normalized spacial score (nSPS) is 12.1. The number of nitrogens with zero attached hydrogens (tertiary/aromatic N) is 3. The third-order valence-electron chi connectivity index (χ3n) is 4.51. The molecule has 0 saturated carbocycles. The second-order valence-corrected chi connectivity index (χ2v) is 9.28. The predicted octanol–water partition coefficient (Wildman–Crippen LogP) is 2.94. The lowest BCUT2D eigenvalue weighted by Gasteiger charge is -2.18. The molecule has 0 bridgehead atoms. The van der Waals surface area contributed by atoms with Gasteiger partial charge in [-0.15, -0.1) is 11.8 Å². The summed E-state index contributed by atoms with van der Waals surface area (Å²) < 4.78 is 28.1. The maximum Gasteiger partial charge on any atom is 0.326 e. The fraction of sp³-hybridized carbons (Fsp3) is 0.368. The van der Waals surface area contributed by atoms with Crippen LogP contribution in [0.1, 0.15) is 20.3 Å². The molecule has 7 nitrogen and oxygen atoms in total. The number of pyridine rings is 1. The summed E-state index contributed by atoms with van der Waals surface area (Å²) in [4.78, 5) is 19.4. The van der Waals surface area contributed by atoms with Crippen molar-refractivity contribution in [2.24, 2.45) is 0 Å². The van der Waals surface area contributed by atoms with E-state index >= 15 is 0 Å². The summed E-state index contributed by atoms with van der Waals surface area (Å²) >= 11 is 1.55. The van der Waals surface area contributed by atoms with Crippen LogP contribution in [0.3, 0.4) is 0 Å². The largest absolute Gasteiger partial charge is 0.326 e. The zero-order valence-corrected chi connectivity index (χ0v) is 17.6. The lowest BCUT2D eigenvalue weighted by Crippen LogP contribution is -2.30. The van der Waals surface area contributed by atoms with Crippen LogP contribution in [0.15, 0.2) is 57.3 Å². The van der Waals surface area contributed by atoms with E-state index in [1.165, 1.54) is 10.5 Å². The molecule has 2 heterocycles. The van der Waals surface area contributed by atoms with Crippen LogP contribution >= 0.6 is 11.8 Å². The van der Waals surface area contributed by atoms with Gasteiger partial charge in [0.15, 0.2) is 0 Å². The highest BCUT2D eigenvalue weighted by Gasteiger charge is 2.21. The van der Waals surface area contributed by atoms with Gasteiger partial charge in [-0.3, -0.25) is 4.57 Å². The third kappa shape index (κ3) is 4.31. The second-order valence-electron chi connectivity index (χ2n) is 6.22. The van der Waals surface area contributed by atoms with Gasteiger partial charge in [0.1, 0.15) is 4.90 Å². The molecular weight excluding hydrogens is 396 g/mol. The number of hydrogen-bond donors (Lipinski definition) is 1. The van der Waals surface area contributed by atoms with E-state index in [0.29, 0.717) is 19.6 Å². The zero-order chi connectivity index (χ0) is 20.1. The van der Waals surface area contributed by atoms with Gasteiger partial charge in [0.2, 0.25) is 10.0 Å². The summed E-state index contributed by atoms with van der Waals surface area (Å²) in [6.45, 7) is 5.12. The van der Waals surface area contributed by atoms with E-state index in [4.69, 9.17) is 0 Å². The van der Waals surface area contributed by atoms with Crippen molar-refractivity contribution in [3.8, 4) is 0 Å². The maximum atomic E-state index is 12.5. The van der Waals surface area contributed by atoms with Crippen LogP contribution in [0.2, 0.25) is 0 Å². The molecule has 0 radical (unpaired) electrons. The van der Waals surface area contributed by atoms with Gasteiger partial charge < -0.3 is 4.98 Å². The highest BCUT2D eigenvalue weighted by Crippen LogP contribution is 2.20. The Morgan fingerprint density at radius 3 is 2.57 bits per heavy atom. The maximum absolute atomic E-state index is 12.5. The molecule has 0 amide bonds. The van der Waals surface area contributed by atoms with Gasteiger partial charge in [-0.25, -0.2) is 18.2 Å². The molecule has 0 aliphatic rings. The van der Waals surface area contributed by atoms with Crippen molar-refractivity contribution in [3.05, 3.63) is 53.1 Å². The molecule has 0 spiro atoms. The van der Waals surface area contributed by atoms with E-state index in [1.54, 1.807) is 28.5 Å². The topological polar surface area (TPSA) is 88.1 Å². The second kappa shape index (κ2) is 8.93. The lowest BCUT2D eigenvalue weighted by atomic mass is 10.3. The fourth-order valence-corrected chi connectivity index (χ4v) is 5.22. The number of nitrogens with one attached hydrogen (secondary N) is 1. The average molecular weight is 421 g/mol. The molecular formula is C19H24N4O3S2. The van der Waals surface area contributed by atoms with E-state index < -0.39 is 10.0 Å². The Kier molecular flexibility index (Phi) is 6.58. The van der Waals surface area contributed by atoms with E-state index in [1.807, 2.05) is 38.1 Å². The van der Waals surface area contributed by atoms with Gasteiger partial charge in [0, 0.05) is 31.6 Å². The summed E-state index contributed by atoms with van der Waals surface area (Å²) in [6.07, 6.45) is 2.22. The van der Waals surface area contributed by atoms with Crippen molar-refractivity contribution in [2.45, 2.75) is 36.7 Å². The molecule has 0 aliphatic carbocycles. The number of hydrogen-bond acceptors (Lipinski definition) is 5. The van der Waals surface area contributed by atoms with Crippen molar-refractivity contribution in [3.63, 3.8) is 0 Å². The number of aromatic nitrogens is 3. The fourth-order valence-electron chi connectivity index (χ4n) is 3.05. The first kappa shape index (κ1) is 20.6. The van der Waals surface area contributed by atoms with Crippen LogP contribution in [0.4, 0.5) is 0 Å². The Bertz CT molecular complexity index is 1080. The number of para-hydroxylation sites is 2. The molecule has 1 N–H and O–H groups in total. The quantitative estimate of drug-likeness (QED) is 0.425. The molecule has 3 aromatic rings. The highest BCUT2D eigenvalue weighted by molar-refractivity contribution is 7.99. The molecule has 28 heavy (non-hydrogen) atoms. The molecule has 0 aliphatic heterocycles. The van der Waals surface area contributed by atoms with Gasteiger partial charge in [0.25, 0.3) is 0 Å². The van der Waals surface area contributed by atoms with Gasteiger partial charge in [0.05, 0.1) is 16.1 Å². The minimum atomic E-state index is -3.48. The Balaban J connectivity index is 1.58. The van der Waals surface area contributed by atoms with Crippen LogP contribution in [0.5, 0.6) is 0 Å². The van der Waals surface area contributed by atoms with Gasteiger partial charge in [-0.2, -0.15) is 4.31 Å². The highest BCUT2D eigenvalue weighted by atomic mass is 32.2. The van der Waals surface area contributed by atoms with Crippen molar-refractivity contribution < 1.29 is 8.42 Å². The Labute approximate surface area is 168 Å². The molecule has 0 saturated heterocycles. The summed E-state index contributed by atoms with van der Waals surface area (Å²) in [5.41, 5.74) is 1.64. The number of benzene rings is 1. The van der Waals surface area contributed by atoms with Gasteiger partial charge in [-0.1, -0.05) is 26.0 Å². The number of imidazole rings is 1. The molecule has 0 fully saturated rings. The monoisotopic (exact) mass is 420 g/mol. The Hall–Kier alpha value is -2.10. The number of aromatic amines is 1. The molecule has 2 aromatic heterocycles. The first-order chi connectivity index (χ1) is 13.5. The summed E-state index contributed by atoms with van der Waals surface area (Å²) in [5.74, 6) is 0.779. The van der Waals surface area contributed by atoms with Crippen molar-refractivity contribution >= 4 is 32.8 Å². The van der Waals surface area contributed by atoms with E-state index in [-0.39, 0.29) is 10.6 Å². The van der Waals surface area contributed by atoms with Crippen molar-refractivity contribution in [1.82, 2.24) is 18.8 Å². The van der Waals surface area contributed by atoms with Crippen LogP contribution in [-0.2, 0) is 16.6 Å². The number of fused-ring (bicyclic) bond motifs is 1. The SMILES string of the molecule is CCN(CC)S(=O)(=O)c1ccc(SCCCn2c(=O)[nH]c3ccccc32)nc1. The minimum absolute atomic E-state index is 0.102. The summed E-state index contributed by atoms with van der Waals surface area (Å²) in [5, 5.41) is 0.768. The molecule has 150 valence electrons.